The minimum absolute atomic E-state index is 0. The molecule has 1 aromatic carbocycles. The summed E-state index contributed by atoms with van der Waals surface area (Å²) in [5.41, 5.74) is 0.536. The van der Waals surface area contributed by atoms with Crippen LogP contribution in [0.4, 0.5) is 0 Å². The van der Waals surface area contributed by atoms with Gasteiger partial charge in [0.2, 0.25) is 5.91 Å². The van der Waals surface area contributed by atoms with Crippen molar-refractivity contribution in [2.75, 3.05) is 39.3 Å². The van der Waals surface area contributed by atoms with Crippen LogP contribution in [0.1, 0.15) is 49.9 Å². The monoisotopic (exact) mass is 411 g/mol. The summed E-state index contributed by atoms with van der Waals surface area (Å²) in [5.74, 6) is 1.31. The lowest BCUT2D eigenvalue weighted by atomic mass is 9.96. The summed E-state index contributed by atoms with van der Waals surface area (Å²) in [7, 11) is 0. The molecule has 28 heavy (non-hydrogen) atoms. The van der Waals surface area contributed by atoms with Crippen LogP contribution in [0.15, 0.2) is 24.3 Å². The largest absolute Gasteiger partial charge is 0.493 e. The number of nitrogens with zero attached hydrogens (tertiary/aromatic N) is 1. The van der Waals surface area contributed by atoms with Gasteiger partial charge in [-0.05, 0) is 57.3 Å². The molecule has 0 aromatic heterocycles. The average molecular weight is 412 g/mol. The molecule has 0 atom stereocenters. The highest BCUT2D eigenvalue weighted by Gasteiger charge is 2.22. The van der Waals surface area contributed by atoms with E-state index in [0.29, 0.717) is 43.2 Å². The molecule has 2 amide bonds. The number of piperidine rings is 1. The van der Waals surface area contributed by atoms with E-state index < -0.39 is 0 Å². The number of ether oxygens (including phenoxy) is 1. The molecular formula is C21H34ClN3O3. The van der Waals surface area contributed by atoms with Crippen molar-refractivity contribution in [1.29, 1.82) is 0 Å². The molecule has 1 fully saturated rings. The van der Waals surface area contributed by atoms with Gasteiger partial charge in [-0.15, -0.1) is 12.4 Å². The third-order valence-electron chi connectivity index (χ3n) is 4.93. The van der Waals surface area contributed by atoms with Gasteiger partial charge in [0.25, 0.3) is 5.91 Å². The zero-order valence-electron chi connectivity index (χ0n) is 17.0. The molecule has 2 rings (SSSR count). The van der Waals surface area contributed by atoms with Crippen LogP contribution < -0.4 is 15.4 Å². The van der Waals surface area contributed by atoms with E-state index in [0.717, 1.165) is 39.0 Å². The van der Waals surface area contributed by atoms with Gasteiger partial charge < -0.3 is 20.3 Å². The molecule has 0 radical (unpaired) electrons. The van der Waals surface area contributed by atoms with Gasteiger partial charge in [0.1, 0.15) is 5.75 Å². The Morgan fingerprint density at radius 2 is 1.89 bits per heavy atom. The standard InChI is InChI=1S/C21H33N3O3.ClH/c1-3-22-16-17-11-14-24(15-12-17)20(25)10-7-13-23-21(26)18-8-5-6-9-19(18)27-4-2;/h5-6,8-9,17,22H,3-4,7,10-16H2,1-2H3,(H,23,26);1H. The minimum Gasteiger partial charge on any atom is -0.493 e. The SMILES string of the molecule is CCNCC1CCN(C(=O)CCCNC(=O)c2ccccc2OCC)CC1.Cl. The Kier molecular flexibility index (Phi) is 11.6. The number of hydrogen-bond acceptors (Lipinski definition) is 4. The maximum atomic E-state index is 12.4. The van der Waals surface area contributed by atoms with Gasteiger partial charge in [-0.1, -0.05) is 19.1 Å². The summed E-state index contributed by atoms with van der Waals surface area (Å²) in [4.78, 5) is 26.6. The summed E-state index contributed by atoms with van der Waals surface area (Å²) in [6.45, 7) is 8.77. The van der Waals surface area contributed by atoms with Crippen molar-refractivity contribution in [3.63, 3.8) is 0 Å². The first kappa shape index (κ1) is 24.2. The van der Waals surface area contributed by atoms with E-state index in [1.165, 1.54) is 0 Å². The molecule has 6 nitrogen and oxygen atoms in total. The van der Waals surface area contributed by atoms with Crippen LogP contribution in [-0.4, -0.2) is 56.0 Å². The number of benzene rings is 1. The van der Waals surface area contributed by atoms with Crippen molar-refractivity contribution in [1.82, 2.24) is 15.5 Å². The fraction of sp³-hybridized carbons (Fsp3) is 0.619. The molecule has 1 aliphatic heterocycles. The zero-order chi connectivity index (χ0) is 19.5. The van der Waals surface area contributed by atoms with Crippen LogP contribution in [0.3, 0.4) is 0 Å². The first-order valence-electron chi connectivity index (χ1n) is 10.1. The van der Waals surface area contributed by atoms with Crippen molar-refractivity contribution in [3.8, 4) is 5.75 Å². The van der Waals surface area contributed by atoms with Gasteiger partial charge in [-0.3, -0.25) is 9.59 Å². The number of carbonyl (C=O) groups is 2. The number of carbonyl (C=O) groups excluding carboxylic acids is 2. The molecule has 1 aliphatic rings. The summed E-state index contributed by atoms with van der Waals surface area (Å²) in [6, 6.07) is 7.22. The molecule has 158 valence electrons. The molecule has 1 aromatic rings. The topological polar surface area (TPSA) is 70.7 Å². The molecule has 2 N–H and O–H groups in total. The summed E-state index contributed by atoms with van der Waals surface area (Å²) >= 11 is 0. The first-order chi connectivity index (χ1) is 13.2. The first-order valence-corrected chi connectivity index (χ1v) is 10.1. The molecule has 0 aliphatic carbocycles. The second kappa shape index (κ2) is 13.4. The van der Waals surface area contributed by atoms with E-state index in [2.05, 4.69) is 17.6 Å². The Hall–Kier alpha value is -1.79. The molecule has 1 heterocycles. The van der Waals surface area contributed by atoms with Gasteiger partial charge in [-0.2, -0.15) is 0 Å². The number of amides is 2. The summed E-state index contributed by atoms with van der Waals surface area (Å²) in [5, 5.41) is 6.28. The minimum atomic E-state index is -0.157. The summed E-state index contributed by atoms with van der Waals surface area (Å²) in [6.07, 6.45) is 3.28. The van der Waals surface area contributed by atoms with E-state index >= 15 is 0 Å². The van der Waals surface area contributed by atoms with Gasteiger partial charge in [0.15, 0.2) is 0 Å². The molecule has 0 spiro atoms. The molecule has 1 saturated heterocycles. The van der Waals surface area contributed by atoms with Crippen molar-refractivity contribution < 1.29 is 14.3 Å². The predicted molar refractivity (Wildman–Crippen MR) is 114 cm³/mol. The highest BCUT2D eigenvalue weighted by molar-refractivity contribution is 5.96. The lowest BCUT2D eigenvalue weighted by molar-refractivity contribution is -0.132. The van der Waals surface area contributed by atoms with E-state index in [9.17, 15) is 9.59 Å². The Labute approximate surface area is 174 Å². The second-order valence-corrected chi connectivity index (χ2v) is 6.92. The number of para-hydroxylation sites is 1. The molecule has 0 saturated carbocycles. The van der Waals surface area contributed by atoms with E-state index in [1.54, 1.807) is 12.1 Å². The average Bonchev–Trinajstić information content (AvgIpc) is 2.70. The van der Waals surface area contributed by atoms with Crippen molar-refractivity contribution in [2.45, 2.75) is 39.5 Å². The van der Waals surface area contributed by atoms with Crippen LogP contribution in [0.25, 0.3) is 0 Å². The second-order valence-electron chi connectivity index (χ2n) is 6.92. The zero-order valence-corrected chi connectivity index (χ0v) is 17.9. The van der Waals surface area contributed by atoms with Gasteiger partial charge >= 0.3 is 0 Å². The molecule has 0 bridgehead atoms. The van der Waals surface area contributed by atoms with Gasteiger partial charge in [0.05, 0.1) is 12.2 Å². The fourth-order valence-corrected chi connectivity index (χ4v) is 3.37. The normalized spacial score (nSPS) is 14.3. The Morgan fingerprint density at radius 1 is 1.18 bits per heavy atom. The number of likely N-dealkylation sites (tertiary alicyclic amines) is 1. The maximum Gasteiger partial charge on any atom is 0.255 e. The van der Waals surface area contributed by atoms with Crippen LogP contribution >= 0.6 is 12.4 Å². The van der Waals surface area contributed by atoms with Gasteiger partial charge in [-0.25, -0.2) is 0 Å². The van der Waals surface area contributed by atoms with Crippen molar-refractivity contribution >= 4 is 24.2 Å². The smallest absolute Gasteiger partial charge is 0.255 e. The highest BCUT2D eigenvalue weighted by Crippen LogP contribution is 2.18. The third-order valence-corrected chi connectivity index (χ3v) is 4.93. The van der Waals surface area contributed by atoms with Crippen LogP contribution in [0, 0.1) is 5.92 Å². The van der Waals surface area contributed by atoms with E-state index in [-0.39, 0.29) is 24.2 Å². The van der Waals surface area contributed by atoms with Crippen molar-refractivity contribution in [2.24, 2.45) is 5.92 Å². The quantitative estimate of drug-likeness (QED) is 0.581. The van der Waals surface area contributed by atoms with Crippen molar-refractivity contribution in [3.05, 3.63) is 29.8 Å². The lowest BCUT2D eigenvalue weighted by Crippen LogP contribution is -2.41. The van der Waals surface area contributed by atoms with Crippen LogP contribution in [0.2, 0.25) is 0 Å². The van der Waals surface area contributed by atoms with E-state index in [4.69, 9.17) is 4.74 Å². The maximum absolute atomic E-state index is 12.4. The lowest BCUT2D eigenvalue weighted by Gasteiger charge is -2.32. The van der Waals surface area contributed by atoms with Crippen LogP contribution in [-0.2, 0) is 4.79 Å². The Bertz CT molecular complexity index is 604. The molecule has 7 heteroatoms. The predicted octanol–water partition coefficient (Wildman–Crippen LogP) is 2.87. The van der Waals surface area contributed by atoms with E-state index in [1.807, 2.05) is 24.0 Å². The fourth-order valence-electron chi connectivity index (χ4n) is 3.37. The number of nitrogens with one attached hydrogen (secondary N) is 2. The summed E-state index contributed by atoms with van der Waals surface area (Å²) < 4.78 is 5.49. The number of rotatable bonds is 10. The number of hydrogen-bond donors (Lipinski definition) is 2. The Morgan fingerprint density at radius 3 is 2.57 bits per heavy atom. The Balaban J connectivity index is 0.00000392. The number of halogens is 1. The van der Waals surface area contributed by atoms with Gasteiger partial charge in [0, 0.05) is 26.1 Å². The highest BCUT2D eigenvalue weighted by atomic mass is 35.5. The van der Waals surface area contributed by atoms with Crippen LogP contribution in [0.5, 0.6) is 5.75 Å². The molecular weight excluding hydrogens is 378 g/mol. The third kappa shape index (κ3) is 7.68. The molecule has 0 unspecified atom stereocenters.